The van der Waals surface area contributed by atoms with Crippen molar-refractivity contribution in [1.82, 2.24) is 5.01 Å². The number of nitrogens with zero attached hydrogens (tertiary/aromatic N) is 2. The molecule has 17 heavy (non-hydrogen) atoms. The van der Waals surface area contributed by atoms with Gasteiger partial charge in [0.05, 0.1) is 5.69 Å². The third-order valence-corrected chi connectivity index (χ3v) is 2.85. The Morgan fingerprint density at radius 3 is 2.82 bits per heavy atom. The van der Waals surface area contributed by atoms with Crippen LogP contribution in [0.15, 0.2) is 24.3 Å². The molecule has 1 saturated heterocycles. The fraction of sp³-hybridized carbons (Fsp3) is 0.417. The first-order valence-electron chi connectivity index (χ1n) is 5.80. The number of para-hydroxylation sites is 2. The molecule has 0 aromatic heterocycles. The van der Waals surface area contributed by atoms with Crippen molar-refractivity contribution in [2.45, 2.75) is 12.8 Å². The maximum atomic E-state index is 11.7. The maximum absolute atomic E-state index is 11.7. The number of phenols is 1. The van der Waals surface area contributed by atoms with Crippen molar-refractivity contribution >= 4 is 11.6 Å². The Balaban J connectivity index is 2.19. The zero-order valence-electron chi connectivity index (χ0n) is 9.67. The van der Waals surface area contributed by atoms with Gasteiger partial charge in [0.1, 0.15) is 5.75 Å². The van der Waals surface area contributed by atoms with Crippen LogP contribution >= 0.6 is 0 Å². The molecule has 0 saturated carbocycles. The molecule has 3 N–H and O–H groups in total. The molecule has 5 nitrogen and oxygen atoms in total. The van der Waals surface area contributed by atoms with E-state index in [1.54, 1.807) is 17.1 Å². The zero-order chi connectivity index (χ0) is 12.3. The van der Waals surface area contributed by atoms with Gasteiger partial charge in [0, 0.05) is 19.5 Å². The number of anilines is 1. The van der Waals surface area contributed by atoms with Crippen molar-refractivity contribution < 1.29 is 9.90 Å². The van der Waals surface area contributed by atoms with Gasteiger partial charge in [-0.25, -0.2) is 0 Å². The van der Waals surface area contributed by atoms with Crippen LogP contribution in [-0.4, -0.2) is 35.7 Å². The number of rotatable bonds is 4. The summed E-state index contributed by atoms with van der Waals surface area (Å²) in [5.41, 5.74) is 6.14. The quantitative estimate of drug-likeness (QED) is 0.805. The first-order chi connectivity index (χ1) is 8.24. The fourth-order valence-electron chi connectivity index (χ4n) is 2.01. The second-order valence-corrected chi connectivity index (χ2v) is 4.02. The van der Waals surface area contributed by atoms with Crippen molar-refractivity contribution in [2.24, 2.45) is 5.73 Å². The normalized spacial score (nSPS) is 15.7. The van der Waals surface area contributed by atoms with Crippen molar-refractivity contribution in [3.8, 4) is 5.75 Å². The summed E-state index contributed by atoms with van der Waals surface area (Å²) in [5, 5.41) is 13.3. The average molecular weight is 235 g/mol. The van der Waals surface area contributed by atoms with Gasteiger partial charge >= 0.3 is 0 Å². The standard InChI is InChI=1S/C12H17N3O2/c13-7-3-8-15-12(17)6-9-14(15)10-4-1-2-5-11(10)16/h1-2,4-5,16H,3,6-9,13H2. The SMILES string of the molecule is NCCCN1C(=O)CCN1c1ccccc1O. The lowest BCUT2D eigenvalue weighted by atomic mass is 10.3. The van der Waals surface area contributed by atoms with Crippen LogP contribution in [0.4, 0.5) is 5.69 Å². The number of hydrogen-bond acceptors (Lipinski definition) is 4. The number of benzene rings is 1. The number of hydrazine groups is 1. The first-order valence-corrected chi connectivity index (χ1v) is 5.80. The van der Waals surface area contributed by atoms with Crippen LogP contribution in [0, 0.1) is 0 Å². The topological polar surface area (TPSA) is 69.8 Å². The van der Waals surface area contributed by atoms with Crippen molar-refractivity contribution in [2.75, 3.05) is 24.6 Å². The summed E-state index contributed by atoms with van der Waals surface area (Å²) in [6.45, 7) is 1.77. The van der Waals surface area contributed by atoms with Crippen LogP contribution in [0.5, 0.6) is 5.75 Å². The summed E-state index contributed by atoms with van der Waals surface area (Å²) in [7, 11) is 0. The molecule has 2 rings (SSSR count). The monoisotopic (exact) mass is 235 g/mol. The smallest absolute Gasteiger partial charge is 0.242 e. The Morgan fingerprint density at radius 1 is 1.35 bits per heavy atom. The van der Waals surface area contributed by atoms with Gasteiger partial charge in [-0.1, -0.05) is 12.1 Å². The molecule has 0 unspecified atom stereocenters. The summed E-state index contributed by atoms with van der Waals surface area (Å²) in [6, 6.07) is 7.04. The molecule has 0 atom stereocenters. The molecule has 5 heteroatoms. The van der Waals surface area contributed by atoms with Crippen LogP contribution in [0.3, 0.4) is 0 Å². The van der Waals surface area contributed by atoms with Gasteiger partial charge in [-0.15, -0.1) is 0 Å². The van der Waals surface area contributed by atoms with Gasteiger partial charge in [0.2, 0.25) is 5.91 Å². The lowest BCUT2D eigenvalue weighted by molar-refractivity contribution is -0.128. The third-order valence-electron chi connectivity index (χ3n) is 2.85. The Bertz CT molecular complexity index is 408. The molecule has 92 valence electrons. The molecule has 1 aromatic rings. The highest BCUT2D eigenvalue weighted by Crippen LogP contribution is 2.30. The van der Waals surface area contributed by atoms with Crippen LogP contribution in [0.1, 0.15) is 12.8 Å². The van der Waals surface area contributed by atoms with Gasteiger partial charge < -0.3 is 10.8 Å². The van der Waals surface area contributed by atoms with Crippen molar-refractivity contribution in [3.63, 3.8) is 0 Å². The second-order valence-electron chi connectivity index (χ2n) is 4.02. The summed E-state index contributed by atoms with van der Waals surface area (Å²) in [4.78, 5) is 11.7. The lowest BCUT2D eigenvalue weighted by Gasteiger charge is -2.30. The second kappa shape index (κ2) is 5.05. The first kappa shape index (κ1) is 11.7. The third kappa shape index (κ3) is 2.34. The Kier molecular flexibility index (Phi) is 3.49. The van der Waals surface area contributed by atoms with E-state index in [2.05, 4.69) is 0 Å². The number of aromatic hydroxyl groups is 1. The van der Waals surface area contributed by atoms with Gasteiger partial charge in [0.15, 0.2) is 0 Å². The molecule has 1 aliphatic heterocycles. The minimum Gasteiger partial charge on any atom is -0.506 e. The molecule has 1 fully saturated rings. The number of carbonyl (C=O) groups excluding carboxylic acids is 1. The van der Waals surface area contributed by atoms with E-state index in [0.29, 0.717) is 31.7 Å². The molecule has 1 aromatic carbocycles. The highest BCUT2D eigenvalue weighted by atomic mass is 16.3. The lowest BCUT2D eigenvalue weighted by Crippen LogP contribution is -2.40. The molecule has 0 spiro atoms. The van der Waals surface area contributed by atoms with Gasteiger partial charge in [0.25, 0.3) is 0 Å². The summed E-state index contributed by atoms with van der Waals surface area (Å²) in [6.07, 6.45) is 1.24. The summed E-state index contributed by atoms with van der Waals surface area (Å²) in [5.74, 6) is 0.279. The van der Waals surface area contributed by atoms with E-state index < -0.39 is 0 Å². The predicted octanol–water partition coefficient (Wildman–Crippen LogP) is 0.695. The predicted molar refractivity (Wildman–Crippen MR) is 65.5 cm³/mol. The molecule has 1 aliphatic rings. The highest BCUT2D eigenvalue weighted by molar-refractivity contribution is 5.82. The van der Waals surface area contributed by atoms with E-state index in [1.165, 1.54) is 0 Å². The number of hydrogen-bond donors (Lipinski definition) is 2. The molecule has 0 aliphatic carbocycles. The minimum absolute atomic E-state index is 0.0849. The van der Waals surface area contributed by atoms with Crippen molar-refractivity contribution in [3.05, 3.63) is 24.3 Å². The van der Waals surface area contributed by atoms with Gasteiger partial charge in [-0.3, -0.25) is 14.8 Å². The van der Waals surface area contributed by atoms with E-state index in [9.17, 15) is 9.90 Å². The maximum Gasteiger partial charge on any atom is 0.242 e. The Morgan fingerprint density at radius 2 is 2.12 bits per heavy atom. The minimum atomic E-state index is 0.0849. The molecule has 0 bridgehead atoms. The Hall–Kier alpha value is -1.75. The summed E-state index contributed by atoms with van der Waals surface area (Å²) >= 11 is 0. The van der Waals surface area contributed by atoms with Crippen molar-refractivity contribution in [1.29, 1.82) is 0 Å². The van der Waals surface area contributed by atoms with E-state index in [4.69, 9.17) is 5.73 Å². The van der Waals surface area contributed by atoms with Crippen LogP contribution in [0.2, 0.25) is 0 Å². The Labute approximate surface area is 100 Å². The molecular formula is C12H17N3O2. The number of phenolic OH excluding ortho intramolecular Hbond substituents is 1. The number of carbonyl (C=O) groups is 1. The molecule has 0 radical (unpaired) electrons. The van der Waals surface area contributed by atoms with E-state index in [-0.39, 0.29) is 11.7 Å². The number of nitrogens with two attached hydrogens (primary N) is 1. The van der Waals surface area contributed by atoms with Crippen LogP contribution < -0.4 is 10.7 Å². The summed E-state index contributed by atoms with van der Waals surface area (Å²) < 4.78 is 0. The van der Waals surface area contributed by atoms with E-state index in [0.717, 1.165) is 6.42 Å². The van der Waals surface area contributed by atoms with Gasteiger partial charge in [-0.05, 0) is 25.1 Å². The van der Waals surface area contributed by atoms with Gasteiger partial charge in [-0.2, -0.15) is 0 Å². The van der Waals surface area contributed by atoms with E-state index >= 15 is 0 Å². The molecule has 1 amide bonds. The molecule has 1 heterocycles. The highest BCUT2D eigenvalue weighted by Gasteiger charge is 2.29. The zero-order valence-corrected chi connectivity index (χ0v) is 9.67. The fourth-order valence-corrected chi connectivity index (χ4v) is 2.01. The van der Waals surface area contributed by atoms with E-state index in [1.807, 2.05) is 17.1 Å². The number of amides is 1. The molecular weight excluding hydrogens is 218 g/mol. The van der Waals surface area contributed by atoms with Crippen LogP contribution in [-0.2, 0) is 4.79 Å². The largest absolute Gasteiger partial charge is 0.506 e. The van der Waals surface area contributed by atoms with Crippen LogP contribution in [0.25, 0.3) is 0 Å². The average Bonchev–Trinajstić information content (AvgIpc) is 2.69.